The number of aliphatic hydroxyl groups excluding tert-OH is 2. The molecule has 0 spiro atoms. The molecule has 0 saturated heterocycles. The molecule has 21 heavy (non-hydrogen) atoms. The quantitative estimate of drug-likeness (QED) is 0.671. The second kappa shape index (κ2) is 4.42. The van der Waals surface area contributed by atoms with E-state index >= 15 is 0 Å². The maximum absolute atomic E-state index is 11.5. The fourth-order valence-electron chi connectivity index (χ4n) is 5.45. The number of carbonyl (C=O) groups is 1. The monoisotopic (exact) mass is 286 g/mol. The van der Waals surface area contributed by atoms with Crippen LogP contribution < -0.4 is 0 Å². The van der Waals surface area contributed by atoms with E-state index in [1.165, 1.54) is 6.08 Å². The Morgan fingerprint density at radius 2 is 2.10 bits per heavy atom. The van der Waals surface area contributed by atoms with E-state index in [-0.39, 0.29) is 23.2 Å². The molecule has 0 heterocycles. The van der Waals surface area contributed by atoms with Gasteiger partial charge in [-0.2, -0.15) is 0 Å². The average molecular weight is 286 g/mol. The van der Waals surface area contributed by atoms with E-state index in [1.54, 1.807) is 6.08 Å². The standard InChI is InChI=1S/C18H22O3/c1-18-7-6-13-12-3-2-11(19)8-10(12)9-15(20)17(13)14(18)4-5-16(18)21/h2,8,13-17,20-21H,4-7,9H2,1H3/t13-,14+,15?,16-,17-,18+/m1/s1. The molecule has 0 aliphatic heterocycles. The van der Waals surface area contributed by atoms with Gasteiger partial charge in [0.15, 0.2) is 5.78 Å². The van der Waals surface area contributed by atoms with Gasteiger partial charge in [-0.25, -0.2) is 0 Å². The van der Waals surface area contributed by atoms with Crippen LogP contribution in [0, 0.1) is 23.2 Å². The normalized spacial score (nSPS) is 48.1. The molecule has 0 bridgehead atoms. The van der Waals surface area contributed by atoms with Gasteiger partial charge in [-0.15, -0.1) is 5.73 Å². The molecule has 4 rings (SSSR count). The molecule has 3 nitrogen and oxygen atoms in total. The summed E-state index contributed by atoms with van der Waals surface area (Å²) in [4.78, 5) is 11.5. The number of fused-ring (bicyclic) bond motifs is 5. The van der Waals surface area contributed by atoms with Crippen molar-refractivity contribution in [2.24, 2.45) is 23.2 Å². The number of allylic oxidation sites excluding steroid dienone is 2. The lowest BCUT2D eigenvalue weighted by atomic mass is 9.53. The first kappa shape index (κ1) is 13.5. The SMILES string of the molecule is C[C@]12CC[C@@H]3C4=C=CC(=O)C=C4CC(O)[C@H]3[C@@H]1CC[C@H]2O. The van der Waals surface area contributed by atoms with Crippen LogP contribution in [-0.2, 0) is 4.79 Å². The van der Waals surface area contributed by atoms with Crippen molar-refractivity contribution in [1.29, 1.82) is 0 Å². The number of carbonyl (C=O) groups excluding carboxylic acids is 1. The van der Waals surface area contributed by atoms with E-state index in [4.69, 9.17) is 0 Å². The predicted octanol–water partition coefficient (Wildman–Crippen LogP) is 2.15. The summed E-state index contributed by atoms with van der Waals surface area (Å²) in [5, 5.41) is 21.1. The third-order valence-electron chi connectivity index (χ3n) is 6.56. The second-order valence-electron chi connectivity index (χ2n) is 7.47. The Kier molecular flexibility index (Phi) is 2.85. The molecule has 4 aliphatic carbocycles. The topological polar surface area (TPSA) is 57.5 Å². The summed E-state index contributed by atoms with van der Waals surface area (Å²) in [6, 6.07) is 0. The molecule has 4 aliphatic rings. The van der Waals surface area contributed by atoms with Gasteiger partial charge in [-0.1, -0.05) is 6.92 Å². The Labute approximate surface area is 125 Å². The number of ketones is 1. The van der Waals surface area contributed by atoms with E-state index < -0.39 is 6.10 Å². The maximum atomic E-state index is 11.5. The van der Waals surface area contributed by atoms with Crippen molar-refractivity contribution < 1.29 is 15.0 Å². The number of rotatable bonds is 0. The first-order valence-corrected chi connectivity index (χ1v) is 8.08. The van der Waals surface area contributed by atoms with Crippen molar-refractivity contribution in [3.63, 3.8) is 0 Å². The Balaban J connectivity index is 1.76. The first-order chi connectivity index (χ1) is 10.0. The second-order valence-corrected chi connectivity index (χ2v) is 7.47. The summed E-state index contributed by atoms with van der Waals surface area (Å²) in [6.45, 7) is 2.19. The van der Waals surface area contributed by atoms with Crippen LogP contribution in [0.5, 0.6) is 0 Å². The van der Waals surface area contributed by atoms with Crippen molar-refractivity contribution in [3.05, 3.63) is 29.0 Å². The minimum absolute atomic E-state index is 0.0173. The van der Waals surface area contributed by atoms with Crippen LogP contribution in [0.2, 0.25) is 0 Å². The largest absolute Gasteiger partial charge is 0.393 e. The van der Waals surface area contributed by atoms with Gasteiger partial charge in [-0.3, -0.25) is 4.79 Å². The maximum Gasteiger partial charge on any atom is 0.186 e. The molecule has 0 radical (unpaired) electrons. The van der Waals surface area contributed by atoms with Crippen LogP contribution in [0.4, 0.5) is 0 Å². The zero-order valence-electron chi connectivity index (χ0n) is 12.4. The number of hydrogen-bond donors (Lipinski definition) is 2. The molecule has 0 amide bonds. The van der Waals surface area contributed by atoms with Gasteiger partial charge < -0.3 is 10.2 Å². The summed E-state index contributed by atoms with van der Waals surface area (Å²) < 4.78 is 0. The summed E-state index contributed by atoms with van der Waals surface area (Å²) in [5.41, 5.74) is 5.28. The third-order valence-corrected chi connectivity index (χ3v) is 6.56. The third kappa shape index (κ3) is 1.78. The minimum atomic E-state index is -0.396. The average Bonchev–Trinajstić information content (AvgIpc) is 2.74. The fourth-order valence-corrected chi connectivity index (χ4v) is 5.45. The van der Waals surface area contributed by atoms with E-state index in [9.17, 15) is 15.0 Å². The van der Waals surface area contributed by atoms with E-state index in [0.29, 0.717) is 18.3 Å². The Bertz CT molecular complexity index is 596. The van der Waals surface area contributed by atoms with Crippen LogP contribution in [-0.4, -0.2) is 28.2 Å². The molecular weight excluding hydrogens is 264 g/mol. The van der Waals surface area contributed by atoms with Gasteiger partial charge >= 0.3 is 0 Å². The molecule has 1 unspecified atom stereocenters. The van der Waals surface area contributed by atoms with Crippen molar-refractivity contribution in [2.75, 3.05) is 0 Å². The summed E-state index contributed by atoms with van der Waals surface area (Å²) in [7, 11) is 0. The van der Waals surface area contributed by atoms with Crippen LogP contribution in [0.15, 0.2) is 29.0 Å². The van der Waals surface area contributed by atoms with Gasteiger partial charge in [-0.05, 0) is 66.9 Å². The highest BCUT2D eigenvalue weighted by Crippen LogP contribution is 2.60. The molecule has 112 valence electrons. The highest BCUT2D eigenvalue weighted by atomic mass is 16.3. The zero-order chi connectivity index (χ0) is 14.8. The molecule has 6 atom stereocenters. The van der Waals surface area contributed by atoms with Crippen LogP contribution in [0.3, 0.4) is 0 Å². The van der Waals surface area contributed by atoms with E-state index in [0.717, 1.165) is 36.8 Å². The molecule has 3 fully saturated rings. The zero-order valence-corrected chi connectivity index (χ0v) is 12.4. The van der Waals surface area contributed by atoms with Crippen molar-refractivity contribution in [2.45, 2.75) is 51.2 Å². The van der Waals surface area contributed by atoms with Crippen molar-refractivity contribution in [3.8, 4) is 0 Å². The summed E-state index contributed by atoms with van der Waals surface area (Å²) >= 11 is 0. The lowest BCUT2D eigenvalue weighted by Crippen LogP contribution is -2.50. The molecular formula is C18H22O3. The van der Waals surface area contributed by atoms with Gasteiger partial charge in [0.05, 0.1) is 12.2 Å². The van der Waals surface area contributed by atoms with Crippen molar-refractivity contribution >= 4 is 5.78 Å². The molecule has 0 aromatic heterocycles. The Morgan fingerprint density at radius 1 is 1.29 bits per heavy atom. The fraction of sp³-hybridized carbons (Fsp3) is 0.667. The number of hydrogen-bond acceptors (Lipinski definition) is 3. The molecule has 3 saturated carbocycles. The van der Waals surface area contributed by atoms with Crippen molar-refractivity contribution in [1.82, 2.24) is 0 Å². The van der Waals surface area contributed by atoms with Crippen LogP contribution in [0.1, 0.15) is 39.0 Å². The van der Waals surface area contributed by atoms with Crippen LogP contribution in [0.25, 0.3) is 0 Å². The van der Waals surface area contributed by atoms with Gasteiger partial charge in [0.2, 0.25) is 0 Å². The molecule has 3 heteroatoms. The molecule has 2 N–H and O–H groups in total. The van der Waals surface area contributed by atoms with Gasteiger partial charge in [0.25, 0.3) is 0 Å². The highest BCUT2D eigenvalue weighted by molar-refractivity contribution is 6.01. The smallest absolute Gasteiger partial charge is 0.186 e. The minimum Gasteiger partial charge on any atom is -0.393 e. The van der Waals surface area contributed by atoms with Gasteiger partial charge in [0, 0.05) is 11.6 Å². The predicted molar refractivity (Wildman–Crippen MR) is 78.4 cm³/mol. The Hall–Kier alpha value is -1.15. The Morgan fingerprint density at radius 3 is 2.90 bits per heavy atom. The highest BCUT2D eigenvalue weighted by Gasteiger charge is 2.57. The summed E-state index contributed by atoms with van der Waals surface area (Å²) in [5.74, 6) is 0.876. The van der Waals surface area contributed by atoms with Gasteiger partial charge in [0.1, 0.15) is 0 Å². The van der Waals surface area contributed by atoms with E-state index in [1.807, 2.05) is 0 Å². The summed E-state index contributed by atoms with van der Waals surface area (Å²) in [6.07, 6.45) is 6.97. The number of aliphatic hydroxyl groups is 2. The lowest BCUT2D eigenvalue weighted by molar-refractivity contribution is -0.110. The first-order valence-electron chi connectivity index (χ1n) is 8.08. The lowest BCUT2D eigenvalue weighted by Gasteiger charge is -2.52. The molecule has 0 aromatic carbocycles. The van der Waals surface area contributed by atoms with E-state index in [2.05, 4.69) is 12.7 Å². The van der Waals surface area contributed by atoms with Crippen LogP contribution >= 0.6 is 0 Å². The molecule has 0 aromatic rings.